The number of hydrogen-bond acceptors (Lipinski definition) is 2. The normalized spacial score (nSPS) is 16.9. The Morgan fingerprint density at radius 3 is 2.31 bits per heavy atom. The van der Waals surface area contributed by atoms with E-state index in [1.54, 1.807) is 6.07 Å². The van der Waals surface area contributed by atoms with Crippen molar-refractivity contribution < 1.29 is 9.53 Å². The highest BCUT2D eigenvalue weighted by Crippen LogP contribution is 2.30. The Morgan fingerprint density at radius 1 is 1.06 bits per heavy atom. The van der Waals surface area contributed by atoms with Gasteiger partial charge in [-0.1, -0.05) is 30.3 Å². The minimum atomic E-state index is -0.177. The van der Waals surface area contributed by atoms with Gasteiger partial charge in [0.15, 0.2) is 0 Å². The summed E-state index contributed by atoms with van der Waals surface area (Å²) < 4.78 is 0.650. The summed E-state index contributed by atoms with van der Waals surface area (Å²) in [7, 11) is 1.36. The fraction of sp³-hybridized carbons (Fsp3) is 0.0769. The molecule has 0 fully saturated rings. The molecule has 1 aliphatic rings. The molecule has 0 aromatic heterocycles. The van der Waals surface area contributed by atoms with Crippen molar-refractivity contribution in [1.82, 2.24) is 0 Å². The van der Waals surface area contributed by atoms with Gasteiger partial charge in [0.05, 0.1) is 5.56 Å². The fourth-order valence-electron chi connectivity index (χ4n) is 2.29. The highest BCUT2D eigenvalue weighted by Gasteiger charge is 2.33. The maximum absolute atomic E-state index is 12.0. The first kappa shape index (κ1) is 9.09. The summed E-state index contributed by atoms with van der Waals surface area (Å²) in [5, 5.41) is 13.3. The minimum absolute atomic E-state index is 0.177. The molecular weight excluding hydrogens is 202 g/mol. The van der Waals surface area contributed by atoms with E-state index in [1.807, 2.05) is 30.3 Å². The van der Waals surface area contributed by atoms with Crippen molar-refractivity contribution in [3.8, 4) is 0 Å². The summed E-state index contributed by atoms with van der Waals surface area (Å²) >= 11 is 0. The molecule has 3 heteroatoms. The molecule has 0 atom stereocenters. The van der Waals surface area contributed by atoms with Gasteiger partial charge in [-0.25, -0.2) is 4.74 Å². The van der Waals surface area contributed by atoms with Crippen molar-refractivity contribution in [3.05, 3.63) is 52.7 Å². The Hall–Kier alpha value is -2.16. The van der Waals surface area contributed by atoms with Crippen molar-refractivity contribution in [2.75, 3.05) is 7.05 Å². The number of rotatable bonds is 0. The van der Waals surface area contributed by atoms with Crippen LogP contribution in [-0.4, -0.2) is 23.3 Å². The number of carbonyl (C=O) groups excluding carboxylic acids is 1. The molecular formula is C13H9NO2. The molecule has 78 valence electrons. The Kier molecular flexibility index (Phi) is 1.66. The zero-order valence-corrected chi connectivity index (χ0v) is 8.73. The zero-order chi connectivity index (χ0) is 11.3. The van der Waals surface area contributed by atoms with Crippen LogP contribution in [0, 0.1) is 5.21 Å². The number of hydrogen-bond donors (Lipinski definition) is 0. The van der Waals surface area contributed by atoms with E-state index in [-0.39, 0.29) is 11.5 Å². The lowest BCUT2D eigenvalue weighted by molar-refractivity contribution is -0.420. The molecule has 1 aliphatic carbocycles. The molecule has 0 heterocycles. The van der Waals surface area contributed by atoms with Gasteiger partial charge in [0.1, 0.15) is 7.05 Å². The van der Waals surface area contributed by atoms with Crippen molar-refractivity contribution in [2.24, 2.45) is 0 Å². The van der Waals surface area contributed by atoms with Crippen LogP contribution >= 0.6 is 0 Å². The second kappa shape index (κ2) is 2.92. The van der Waals surface area contributed by atoms with Crippen molar-refractivity contribution in [2.45, 2.75) is 0 Å². The maximum atomic E-state index is 12.0. The summed E-state index contributed by atoms with van der Waals surface area (Å²) in [5.41, 5.74) is 1.62. The lowest BCUT2D eigenvalue weighted by atomic mass is 10.1. The van der Waals surface area contributed by atoms with Gasteiger partial charge >= 0.3 is 0 Å². The first-order valence-electron chi connectivity index (χ1n) is 5.05. The van der Waals surface area contributed by atoms with Crippen LogP contribution in [0.4, 0.5) is 0 Å². The number of carbonyl (C=O) groups is 1. The van der Waals surface area contributed by atoms with Gasteiger partial charge in [-0.3, -0.25) is 4.79 Å². The van der Waals surface area contributed by atoms with E-state index in [9.17, 15) is 10.0 Å². The van der Waals surface area contributed by atoms with Crippen LogP contribution in [-0.2, 0) is 0 Å². The van der Waals surface area contributed by atoms with Gasteiger partial charge < -0.3 is 5.21 Å². The van der Waals surface area contributed by atoms with Crippen LogP contribution in [0.25, 0.3) is 10.8 Å². The molecule has 0 saturated heterocycles. The average molecular weight is 211 g/mol. The summed E-state index contributed by atoms with van der Waals surface area (Å²) in [4.78, 5) is 12.0. The van der Waals surface area contributed by atoms with E-state index in [0.29, 0.717) is 10.3 Å². The standard InChI is InChI=1S/C13H9NO2/c1-14(16)12-9-6-2-4-8-5-3-7-10(11(8)9)13(12)15/h2-7H,1H3/b14-12+. The van der Waals surface area contributed by atoms with Gasteiger partial charge in [0.25, 0.3) is 11.5 Å². The maximum Gasteiger partial charge on any atom is 0.267 e. The van der Waals surface area contributed by atoms with Crippen LogP contribution in [0.1, 0.15) is 15.9 Å². The number of nitrogens with zero attached hydrogens (tertiary/aromatic N) is 1. The Morgan fingerprint density at radius 2 is 1.69 bits per heavy atom. The summed E-state index contributed by atoms with van der Waals surface area (Å²) in [6.07, 6.45) is 0. The summed E-state index contributed by atoms with van der Waals surface area (Å²) in [5.74, 6) is -0.177. The third-order valence-corrected chi connectivity index (χ3v) is 2.93. The molecule has 3 nitrogen and oxygen atoms in total. The first-order valence-corrected chi connectivity index (χ1v) is 5.05. The molecule has 0 saturated carbocycles. The number of benzene rings is 2. The predicted molar refractivity (Wildman–Crippen MR) is 61.9 cm³/mol. The van der Waals surface area contributed by atoms with Gasteiger partial charge in [-0.2, -0.15) is 0 Å². The van der Waals surface area contributed by atoms with E-state index in [4.69, 9.17) is 0 Å². The quantitative estimate of drug-likeness (QED) is 0.380. The van der Waals surface area contributed by atoms with Gasteiger partial charge in [-0.05, 0) is 11.5 Å². The largest absolute Gasteiger partial charge is 0.623 e. The van der Waals surface area contributed by atoms with E-state index in [1.165, 1.54) is 7.05 Å². The van der Waals surface area contributed by atoms with Gasteiger partial charge in [0, 0.05) is 10.9 Å². The van der Waals surface area contributed by atoms with E-state index >= 15 is 0 Å². The van der Waals surface area contributed by atoms with E-state index < -0.39 is 0 Å². The zero-order valence-electron chi connectivity index (χ0n) is 8.73. The molecule has 0 aliphatic heterocycles. The van der Waals surface area contributed by atoms with E-state index in [0.717, 1.165) is 16.3 Å². The summed E-state index contributed by atoms with van der Waals surface area (Å²) in [6, 6.07) is 11.2. The molecule has 0 N–H and O–H groups in total. The Labute approximate surface area is 92.2 Å². The molecule has 16 heavy (non-hydrogen) atoms. The lowest BCUT2D eigenvalue weighted by Crippen LogP contribution is -2.18. The van der Waals surface area contributed by atoms with E-state index in [2.05, 4.69) is 0 Å². The molecule has 2 aromatic carbocycles. The lowest BCUT2D eigenvalue weighted by Gasteiger charge is -2.00. The molecule has 0 spiro atoms. The molecule has 0 amide bonds. The highest BCUT2D eigenvalue weighted by molar-refractivity contribution is 6.57. The molecule has 0 bridgehead atoms. The third-order valence-electron chi connectivity index (χ3n) is 2.93. The fourth-order valence-corrected chi connectivity index (χ4v) is 2.29. The second-order valence-corrected chi connectivity index (χ2v) is 3.88. The van der Waals surface area contributed by atoms with Crippen molar-refractivity contribution in [3.63, 3.8) is 0 Å². The molecule has 0 unspecified atom stereocenters. The molecule has 3 rings (SSSR count). The molecule has 2 aromatic rings. The topological polar surface area (TPSA) is 43.1 Å². The van der Waals surface area contributed by atoms with Gasteiger partial charge in [-0.15, -0.1) is 0 Å². The van der Waals surface area contributed by atoms with Crippen molar-refractivity contribution >= 4 is 22.3 Å². The van der Waals surface area contributed by atoms with Crippen LogP contribution in [0.15, 0.2) is 36.4 Å². The second-order valence-electron chi connectivity index (χ2n) is 3.88. The third kappa shape index (κ3) is 0.972. The van der Waals surface area contributed by atoms with Crippen LogP contribution < -0.4 is 0 Å². The Balaban J connectivity index is 2.55. The van der Waals surface area contributed by atoms with Crippen LogP contribution in [0.2, 0.25) is 0 Å². The monoisotopic (exact) mass is 211 g/mol. The number of hydroxylamine groups is 1. The first-order chi connectivity index (χ1) is 7.70. The highest BCUT2D eigenvalue weighted by atomic mass is 16.5. The van der Waals surface area contributed by atoms with Gasteiger partial charge in [0.2, 0.25) is 0 Å². The Bertz CT molecular complexity index is 647. The van der Waals surface area contributed by atoms with Crippen LogP contribution in [0.3, 0.4) is 0 Å². The smallest absolute Gasteiger partial charge is 0.267 e. The van der Waals surface area contributed by atoms with Crippen LogP contribution in [0.5, 0.6) is 0 Å². The number of Topliss-reactive ketones (excluding diaryl/α,β-unsaturated/α-hetero) is 1. The summed E-state index contributed by atoms with van der Waals surface area (Å²) in [6.45, 7) is 0. The molecule has 0 radical (unpaired) electrons. The SMILES string of the molecule is C/[N+]([O-])=C1\C(=O)c2cccc3cccc1c23. The minimum Gasteiger partial charge on any atom is -0.623 e. The average Bonchev–Trinajstić information content (AvgIpc) is 2.55. The number of ketones is 1. The predicted octanol–water partition coefficient (Wildman–Crippen LogP) is 1.97. The van der Waals surface area contributed by atoms with Crippen molar-refractivity contribution in [1.29, 1.82) is 0 Å².